The van der Waals surface area contributed by atoms with Crippen LogP contribution in [0.5, 0.6) is 23.0 Å². The molecule has 40 heavy (non-hydrogen) atoms. The molecule has 11 nitrogen and oxygen atoms in total. The maximum atomic E-state index is 13.5. The summed E-state index contributed by atoms with van der Waals surface area (Å²) in [7, 11) is 0. The van der Waals surface area contributed by atoms with Gasteiger partial charge in [-0.3, -0.25) is 4.79 Å². The van der Waals surface area contributed by atoms with E-state index in [1.165, 1.54) is 36.4 Å². The summed E-state index contributed by atoms with van der Waals surface area (Å²) >= 11 is 0. The topological polar surface area (TPSA) is 201 Å². The van der Waals surface area contributed by atoms with Gasteiger partial charge in [-0.2, -0.15) is 0 Å². The van der Waals surface area contributed by atoms with Gasteiger partial charge in [-0.1, -0.05) is 19.1 Å². The molecular formula is C29H28O11. The minimum atomic E-state index is -1.85. The summed E-state index contributed by atoms with van der Waals surface area (Å²) in [5.41, 5.74) is -0.265. The number of phenolic OH excluding ortho intramolecular Hbond substituents is 4. The van der Waals surface area contributed by atoms with Crippen LogP contribution in [0.4, 0.5) is 0 Å². The van der Waals surface area contributed by atoms with Crippen molar-refractivity contribution >= 4 is 11.0 Å². The van der Waals surface area contributed by atoms with E-state index in [1.54, 1.807) is 19.1 Å². The smallest absolute Gasteiger partial charge is 0.197 e. The highest BCUT2D eigenvalue weighted by molar-refractivity contribution is 5.92. The van der Waals surface area contributed by atoms with E-state index in [-0.39, 0.29) is 33.8 Å². The minimum absolute atomic E-state index is 0.00103. The van der Waals surface area contributed by atoms with E-state index in [2.05, 4.69) is 0 Å². The number of hydrogen-bond acceptors (Lipinski definition) is 11. The largest absolute Gasteiger partial charge is 0.508 e. The fourth-order valence-corrected chi connectivity index (χ4v) is 5.12. The summed E-state index contributed by atoms with van der Waals surface area (Å²) in [4.78, 5) is 13.5. The van der Waals surface area contributed by atoms with Crippen LogP contribution in [-0.2, 0) is 4.74 Å². The molecule has 3 aromatic carbocycles. The first-order chi connectivity index (χ1) is 19.0. The quantitative estimate of drug-likeness (QED) is 0.180. The Labute approximate surface area is 227 Å². The number of aliphatic hydroxyl groups is 4. The predicted octanol–water partition coefficient (Wildman–Crippen LogP) is 1.95. The fraction of sp³-hybridized carbons (Fsp3) is 0.276. The molecule has 5 rings (SSSR count). The summed E-state index contributed by atoms with van der Waals surface area (Å²) in [5.74, 6) is -2.03. The number of aromatic hydroxyl groups is 4. The van der Waals surface area contributed by atoms with Gasteiger partial charge in [-0.25, -0.2) is 0 Å². The molecule has 1 aromatic heterocycles. The molecule has 0 amide bonds. The van der Waals surface area contributed by atoms with Crippen molar-refractivity contribution in [3.63, 3.8) is 0 Å². The number of fused-ring (bicyclic) bond motifs is 1. The summed E-state index contributed by atoms with van der Waals surface area (Å²) in [6, 6.07) is 13.0. The van der Waals surface area contributed by atoms with Gasteiger partial charge < -0.3 is 50.0 Å². The lowest BCUT2D eigenvalue weighted by Crippen LogP contribution is -2.55. The molecule has 0 saturated carbocycles. The summed E-state index contributed by atoms with van der Waals surface area (Å²) < 4.78 is 11.7. The van der Waals surface area contributed by atoms with Crippen molar-refractivity contribution in [1.29, 1.82) is 0 Å². The third-order valence-electron chi connectivity index (χ3n) is 7.35. The predicted molar refractivity (Wildman–Crippen MR) is 141 cm³/mol. The molecule has 1 saturated heterocycles. The van der Waals surface area contributed by atoms with E-state index >= 15 is 0 Å². The summed E-state index contributed by atoms with van der Waals surface area (Å²) in [6.45, 7) is 0.938. The average Bonchev–Trinajstić information content (AvgIpc) is 2.93. The van der Waals surface area contributed by atoms with Gasteiger partial charge in [0, 0.05) is 23.1 Å². The van der Waals surface area contributed by atoms with Gasteiger partial charge in [0.15, 0.2) is 5.43 Å². The number of hydrogen-bond donors (Lipinski definition) is 8. The molecule has 4 aromatic rings. The standard InChI is InChI=1S/C29H28O11/c1-12(13-2-6-15(31)7-3-13)20-24(35)22(29-27(38)26(37)23(34)19(11-30)40-29)25(36)21-17(33)10-18(39-28(20)21)14-4-8-16(32)9-5-14/h2-10,12,19,23,26-27,29-32,34-38H,11H2,1H3/t12?,19-,23-,26+,27-,29?/m1/s1. The van der Waals surface area contributed by atoms with E-state index in [0.29, 0.717) is 11.1 Å². The lowest BCUT2D eigenvalue weighted by atomic mass is 9.84. The van der Waals surface area contributed by atoms with E-state index in [9.17, 15) is 45.6 Å². The minimum Gasteiger partial charge on any atom is -0.508 e. The van der Waals surface area contributed by atoms with Crippen molar-refractivity contribution in [2.24, 2.45) is 0 Å². The molecule has 1 aliphatic heterocycles. The first-order valence-electron chi connectivity index (χ1n) is 12.5. The van der Waals surface area contributed by atoms with E-state index in [1.807, 2.05) is 0 Å². The second-order valence-corrected chi connectivity index (χ2v) is 9.81. The maximum absolute atomic E-state index is 13.5. The molecule has 6 atom stereocenters. The zero-order chi connectivity index (χ0) is 28.9. The Morgan fingerprint density at radius 3 is 2.02 bits per heavy atom. The van der Waals surface area contributed by atoms with Crippen molar-refractivity contribution < 1.29 is 50.0 Å². The van der Waals surface area contributed by atoms with E-state index in [4.69, 9.17) is 9.15 Å². The Kier molecular flexibility index (Phi) is 7.17. The van der Waals surface area contributed by atoms with Crippen molar-refractivity contribution in [1.82, 2.24) is 0 Å². The SMILES string of the molecule is CC(c1ccc(O)cc1)c1c(O)c(C2O[C@H](CO)[C@@H](O)[C@H](O)[C@H]2O)c(O)c2c(=O)cc(-c3ccc(O)cc3)oc12. The van der Waals surface area contributed by atoms with Crippen LogP contribution >= 0.6 is 0 Å². The number of ether oxygens (including phenoxy) is 1. The van der Waals surface area contributed by atoms with Crippen LogP contribution in [0.25, 0.3) is 22.3 Å². The first kappa shape index (κ1) is 27.4. The lowest BCUT2D eigenvalue weighted by molar-refractivity contribution is -0.232. The Morgan fingerprint density at radius 2 is 1.43 bits per heavy atom. The highest BCUT2D eigenvalue weighted by atomic mass is 16.5. The van der Waals surface area contributed by atoms with Crippen LogP contribution in [0.3, 0.4) is 0 Å². The van der Waals surface area contributed by atoms with Gasteiger partial charge in [-0.15, -0.1) is 0 Å². The molecule has 0 bridgehead atoms. The number of phenols is 4. The Balaban J connectivity index is 1.81. The van der Waals surface area contributed by atoms with Gasteiger partial charge >= 0.3 is 0 Å². The second kappa shape index (κ2) is 10.5. The van der Waals surface area contributed by atoms with Crippen LogP contribution in [0.15, 0.2) is 63.8 Å². The zero-order valence-corrected chi connectivity index (χ0v) is 21.2. The van der Waals surface area contributed by atoms with Gasteiger partial charge in [0.25, 0.3) is 0 Å². The molecule has 0 aliphatic carbocycles. The molecule has 2 heterocycles. The van der Waals surface area contributed by atoms with Gasteiger partial charge in [0.2, 0.25) is 0 Å². The summed E-state index contributed by atoms with van der Waals surface area (Å²) in [5, 5.41) is 83.0. The summed E-state index contributed by atoms with van der Waals surface area (Å²) in [6.07, 6.45) is -8.34. The highest BCUT2D eigenvalue weighted by Gasteiger charge is 2.47. The number of rotatable bonds is 5. The third kappa shape index (κ3) is 4.53. The molecule has 2 unspecified atom stereocenters. The normalized spacial score (nSPS) is 23.8. The first-order valence-corrected chi connectivity index (χ1v) is 12.5. The van der Waals surface area contributed by atoms with Gasteiger partial charge in [0.05, 0.1) is 12.2 Å². The van der Waals surface area contributed by atoms with Crippen LogP contribution in [0, 0.1) is 0 Å². The molecule has 8 N–H and O–H groups in total. The van der Waals surface area contributed by atoms with E-state index < -0.39 is 65.5 Å². The van der Waals surface area contributed by atoms with Crippen LogP contribution in [-0.4, -0.2) is 71.9 Å². The number of aliphatic hydroxyl groups excluding tert-OH is 4. The Bertz CT molecular complexity index is 1590. The highest BCUT2D eigenvalue weighted by Crippen LogP contribution is 2.50. The van der Waals surface area contributed by atoms with E-state index in [0.717, 1.165) is 6.07 Å². The molecule has 11 heteroatoms. The fourth-order valence-electron chi connectivity index (χ4n) is 5.12. The molecular weight excluding hydrogens is 524 g/mol. The third-order valence-corrected chi connectivity index (χ3v) is 7.35. The molecule has 210 valence electrons. The molecule has 1 aliphatic rings. The van der Waals surface area contributed by atoms with Crippen molar-refractivity contribution in [2.45, 2.75) is 43.4 Å². The second-order valence-electron chi connectivity index (χ2n) is 9.81. The van der Waals surface area contributed by atoms with Crippen LogP contribution in [0.2, 0.25) is 0 Å². The van der Waals surface area contributed by atoms with Gasteiger partial charge in [-0.05, 0) is 42.0 Å². The Hall–Kier alpha value is -4.13. The molecule has 0 spiro atoms. The number of benzene rings is 3. The van der Waals surface area contributed by atoms with Crippen molar-refractivity contribution in [3.05, 3.63) is 81.5 Å². The molecule has 1 fully saturated rings. The van der Waals surface area contributed by atoms with Crippen molar-refractivity contribution in [3.8, 4) is 34.3 Å². The zero-order valence-electron chi connectivity index (χ0n) is 21.2. The average molecular weight is 553 g/mol. The van der Waals surface area contributed by atoms with Crippen molar-refractivity contribution in [2.75, 3.05) is 6.61 Å². The molecule has 0 radical (unpaired) electrons. The van der Waals surface area contributed by atoms with Crippen LogP contribution in [0.1, 0.15) is 35.6 Å². The Morgan fingerprint density at radius 1 is 0.825 bits per heavy atom. The monoisotopic (exact) mass is 552 g/mol. The van der Waals surface area contributed by atoms with Gasteiger partial charge in [0.1, 0.15) is 70.2 Å². The maximum Gasteiger partial charge on any atom is 0.197 e. The van der Waals surface area contributed by atoms with Crippen LogP contribution < -0.4 is 5.43 Å². The lowest BCUT2D eigenvalue weighted by Gasteiger charge is -2.40.